The molecular formula is C10H22CuN4O+2. The van der Waals surface area contributed by atoms with Gasteiger partial charge in [-0.2, -0.15) is 0 Å². The van der Waals surface area contributed by atoms with E-state index >= 15 is 0 Å². The minimum atomic E-state index is 0. The SMILES string of the molecule is O=C1CCNCCNCCCNCCN1.[64Cu+2]. The molecule has 0 aromatic rings. The van der Waals surface area contributed by atoms with Crippen molar-refractivity contribution >= 4 is 5.91 Å². The second-order valence-electron chi connectivity index (χ2n) is 3.70. The van der Waals surface area contributed by atoms with Gasteiger partial charge in [0.1, 0.15) is 0 Å². The van der Waals surface area contributed by atoms with Gasteiger partial charge in [-0.05, 0) is 19.5 Å². The predicted molar refractivity (Wildman–Crippen MR) is 60.9 cm³/mol. The second kappa shape index (κ2) is 11.4. The molecule has 0 unspecified atom stereocenters. The molecule has 1 aliphatic heterocycles. The molecule has 4 N–H and O–H groups in total. The predicted octanol–water partition coefficient (Wildman–Crippen LogP) is -1.34. The molecule has 1 aliphatic rings. The van der Waals surface area contributed by atoms with E-state index in [0.29, 0.717) is 6.42 Å². The maximum Gasteiger partial charge on any atom is 2.00 e. The van der Waals surface area contributed by atoms with Crippen LogP contribution in [0.3, 0.4) is 0 Å². The molecular weight excluding hydrogens is 256 g/mol. The first-order valence-corrected chi connectivity index (χ1v) is 5.78. The van der Waals surface area contributed by atoms with Gasteiger partial charge in [0, 0.05) is 39.1 Å². The van der Waals surface area contributed by atoms with E-state index in [1.807, 2.05) is 0 Å². The van der Waals surface area contributed by atoms with Gasteiger partial charge in [-0.25, -0.2) is 0 Å². The molecule has 0 bridgehead atoms. The summed E-state index contributed by atoms with van der Waals surface area (Å²) in [6, 6.07) is 0. The molecule has 0 aromatic carbocycles. The summed E-state index contributed by atoms with van der Waals surface area (Å²) in [6.07, 6.45) is 1.70. The first-order chi connectivity index (χ1) is 7.39. The minimum absolute atomic E-state index is 0. The van der Waals surface area contributed by atoms with Crippen molar-refractivity contribution in [2.75, 3.05) is 45.8 Å². The Hall–Kier alpha value is -0.131. The molecule has 1 heterocycles. The van der Waals surface area contributed by atoms with E-state index in [1.54, 1.807) is 0 Å². The van der Waals surface area contributed by atoms with E-state index in [4.69, 9.17) is 0 Å². The Bertz CT molecular complexity index is 164. The maximum atomic E-state index is 11.3. The molecule has 1 saturated heterocycles. The van der Waals surface area contributed by atoms with Gasteiger partial charge >= 0.3 is 17.1 Å². The van der Waals surface area contributed by atoms with Crippen molar-refractivity contribution in [2.24, 2.45) is 0 Å². The summed E-state index contributed by atoms with van der Waals surface area (Å²) >= 11 is 0. The Morgan fingerprint density at radius 1 is 0.750 bits per heavy atom. The van der Waals surface area contributed by atoms with Gasteiger partial charge in [0.15, 0.2) is 0 Å². The Balaban J connectivity index is 0.00000225. The summed E-state index contributed by atoms with van der Waals surface area (Å²) in [5, 5.41) is 12.7. The molecule has 97 valence electrons. The van der Waals surface area contributed by atoms with Crippen LogP contribution in [-0.2, 0) is 21.9 Å². The Morgan fingerprint density at radius 3 is 2.00 bits per heavy atom. The minimum Gasteiger partial charge on any atom is -0.355 e. The van der Waals surface area contributed by atoms with Crippen LogP contribution in [0.5, 0.6) is 0 Å². The normalized spacial score (nSPS) is 21.4. The summed E-state index contributed by atoms with van der Waals surface area (Å²) in [4.78, 5) is 11.3. The van der Waals surface area contributed by atoms with Crippen LogP contribution < -0.4 is 21.3 Å². The van der Waals surface area contributed by atoms with Crippen molar-refractivity contribution in [1.29, 1.82) is 0 Å². The van der Waals surface area contributed by atoms with Gasteiger partial charge in [-0.3, -0.25) is 4.79 Å². The fraction of sp³-hybridized carbons (Fsp3) is 0.900. The van der Waals surface area contributed by atoms with Gasteiger partial charge in [0.2, 0.25) is 5.91 Å². The van der Waals surface area contributed by atoms with Crippen LogP contribution in [0.2, 0.25) is 0 Å². The van der Waals surface area contributed by atoms with Crippen LogP contribution in [0, 0.1) is 0 Å². The van der Waals surface area contributed by atoms with E-state index < -0.39 is 0 Å². The van der Waals surface area contributed by atoms with Crippen molar-refractivity contribution in [3.05, 3.63) is 0 Å². The molecule has 6 heteroatoms. The number of hydrogen-bond donors (Lipinski definition) is 4. The summed E-state index contributed by atoms with van der Waals surface area (Å²) < 4.78 is 0. The zero-order valence-electron chi connectivity index (χ0n) is 9.57. The van der Waals surface area contributed by atoms with Crippen molar-refractivity contribution in [1.82, 2.24) is 21.3 Å². The van der Waals surface area contributed by atoms with E-state index in [9.17, 15) is 4.79 Å². The summed E-state index contributed by atoms with van der Waals surface area (Å²) in [7, 11) is 0. The molecule has 1 amide bonds. The zero-order valence-corrected chi connectivity index (χ0v) is 10.5. The fourth-order valence-corrected chi connectivity index (χ4v) is 1.47. The number of amides is 1. The Labute approximate surface area is 108 Å². The molecule has 5 nitrogen and oxygen atoms in total. The molecule has 1 fully saturated rings. The van der Waals surface area contributed by atoms with E-state index in [0.717, 1.165) is 52.2 Å². The fourth-order valence-electron chi connectivity index (χ4n) is 1.47. The summed E-state index contributed by atoms with van der Waals surface area (Å²) in [5.41, 5.74) is 0. The van der Waals surface area contributed by atoms with Crippen LogP contribution in [0.4, 0.5) is 0 Å². The van der Waals surface area contributed by atoms with Gasteiger partial charge in [-0.1, -0.05) is 0 Å². The van der Waals surface area contributed by atoms with Gasteiger partial charge in [0.25, 0.3) is 0 Å². The van der Waals surface area contributed by atoms with Gasteiger partial charge in [0.05, 0.1) is 0 Å². The first-order valence-electron chi connectivity index (χ1n) is 5.78. The number of rotatable bonds is 0. The molecule has 1 radical (unpaired) electrons. The monoisotopic (exact) mass is 278 g/mol. The van der Waals surface area contributed by atoms with E-state index in [2.05, 4.69) is 21.3 Å². The van der Waals surface area contributed by atoms with Crippen molar-refractivity contribution in [3.8, 4) is 0 Å². The third-order valence-electron chi connectivity index (χ3n) is 2.34. The number of hydrogen-bond acceptors (Lipinski definition) is 4. The average molecular weight is 278 g/mol. The summed E-state index contributed by atoms with van der Waals surface area (Å²) in [6.45, 7) is 6.33. The standard InChI is InChI=1S/C10H22N4O.Cu/c15-10-2-5-13-7-6-11-3-1-4-12-8-9-14-10;/h11-13H,1-9H2,(H,14,15);/q;+2/i;1+0. The Morgan fingerprint density at radius 2 is 1.31 bits per heavy atom. The molecule has 1 rings (SSSR count). The quantitative estimate of drug-likeness (QED) is 0.414. The number of nitrogens with one attached hydrogen (secondary N) is 4. The zero-order chi connectivity index (χ0) is 10.8. The van der Waals surface area contributed by atoms with Crippen LogP contribution in [-0.4, -0.2) is 51.7 Å². The molecule has 0 atom stereocenters. The van der Waals surface area contributed by atoms with Crippen molar-refractivity contribution in [3.63, 3.8) is 0 Å². The van der Waals surface area contributed by atoms with Gasteiger partial charge < -0.3 is 21.3 Å². The maximum absolute atomic E-state index is 11.3. The van der Waals surface area contributed by atoms with Crippen LogP contribution >= 0.6 is 0 Å². The Kier molecular flexibility index (Phi) is 11.3. The third kappa shape index (κ3) is 9.12. The van der Waals surface area contributed by atoms with Crippen LogP contribution in [0.25, 0.3) is 0 Å². The van der Waals surface area contributed by atoms with Crippen LogP contribution in [0.15, 0.2) is 0 Å². The van der Waals surface area contributed by atoms with Crippen molar-refractivity contribution in [2.45, 2.75) is 12.8 Å². The third-order valence-corrected chi connectivity index (χ3v) is 2.34. The molecule has 0 saturated carbocycles. The number of carbonyl (C=O) groups is 1. The average Bonchev–Trinajstić information content (AvgIpc) is 2.24. The van der Waals surface area contributed by atoms with Gasteiger partial charge in [-0.15, -0.1) is 0 Å². The van der Waals surface area contributed by atoms with Crippen LogP contribution in [0.1, 0.15) is 12.8 Å². The smallest absolute Gasteiger partial charge is 0.355 e. The van der Waals surface area contributed by atoms with E-state index in [1.165, 1.54) is 0 Å². The summed E-state index contributed by atoms with van der Waals surface area (Å²) in [5.74, 6) is 0.134. The first kappa shape index (κ1) is 15.9. The topological polar surface area (TPSA) is 65.2 Å². The van der Waals surface area contributed by atoms with E-state index in [-0.39, 0.29) is 23.0 Å². The second-order valence-corrected chi connectivity index (χ2v) is 3.70. The van der Waals surface area contributed by atoms with Crippen molar-refractivity contribution < 1.29 is 21.9 Å². The molecule has 16 heavy (non-hydrogen) atoms. The molecule has 0 aromatic heterocycles. The molecule has 0 aliphatic carbocycles. The molecule has 0 spiro atoms. The largest absolute Gasteiger partial charge is 2.00 e. The number of carbonyl (C=O) groups excluding carboxylic acids is 1.